The van der Waals surface area contributed by atoms with Gasteiger partial charge in [-0.05, 0) is 49.3 Å². The summed E-state index contributed by atoms with van der Waals surface area (Å²) in [5, 5.41) is 9.42. The van der Waals surface area contributed by atoms with Crippen molar-refractivity contribution in [2.75, 3.05) is 6.61 Å². The Bertz CT molecular complexity index is 518. The maximum Gasteiger partial charge on any atom is 0.314 e. The van der Waals surface area contributed by atoms with Gasteiger partial charge in [0, 0.05) is 6.07 Å². The summed E-state index contributed by atoms with van der Waals surface area (Å²) in [6, 6.07) is 4.38. The highest BCUT2D eigenvalue weighted by molar-refractivity contribution is 5.82. The van der Waals surface area contributed by atoms with E-state index in [0.717, 1.165) is 6.42 Å². The number of carbonyl (C=O) groups is 1. The van der Waals surface area contributed by atoms with Crippen LogP contribution in [0.25, 0.3) is 0 Å². The van der Waals surface area contributed by atoms with E-state index in [1.54, 1.807) is 6.07 Å². The zero-order chi connectivity index (χ0) is 14.2. The van der Waals surface area contributed by atoms with Crippen molar-refractivity contribution in [1.82, 2.24) is 0 Å². The molecule has 1 N–H and O–H groups in total. The largest absolute Gasteiger partial charge is 0.493 e. The third-order valence-electron chi connectivity index (χ3n) is 4.75. The first-order valence-electron chi connectivity index (χ1n) is 7.27. The van der Waals surface area contributed by atoms with Crippen molar-refractivity contribution in [3.05, 3.63) is 29.6 Å². The Labute approximate surface area is 117 Å². The molecule has 0 amide bonds. The van der Waals surface area contributed by atoms with Gasteiger partial charge in [0.2, 0.25) is 0 Å². The second-order valence-electron chi connectivity index (χ2n) is 6.02. The minimum atomic E-state index is -0.906. The number of benzene rings is 1. The Morgan fingerprint density at radius 2 is 2.05 bits per heavy atom. The lowest BCUT2D eigenvalue weighted by Gasteiger charge is -2.38. The summed E-state index contributed by atoms with van der Waals surface area (Å²) in [4.78, 5) is 11.5. The number of ether oxygens (including phenoxy) is 1. The number of rotatable bonds is 5. The summed E-state index contributed by atoms with van der Waals surface area (Å²) in [6.45, 7) is 0.600. The number of aliphatic carboxylic acids is 1. The highest BCUT2D eigenvalue weighted by Gasteiger charge is 2.46. The number of hydrogen-bond acceptors (Lipinski definition) is 2. The lowest BCUT2D eigenvalue weighted by molar-refractivity contribution is -0.147. The highest BCUT2D eigenvalue weighted by atomic mass is 19.1. The van der Waals surface area contributed by atoms with Crippen molar-refractivity contribution < 1.29 is 19.0 Å². The summed E-state index contributed by atoms with van der Waals surface area (Å²) >= 11 is 0. The fourth-order valence-electron chi connectivity index (χ4n) is 2.95. The molecule has 0 bridgehead atoms. The molecule has 1 aromatic rings. The van der Waals surface area contributed by atoms with Crippen molar-refractivity contribution >= 4 is 5.97 Å². The van der Waals surface area contributed by atoms with Gasteiger partial charge in [-0.2, -0.15) is 0 Å². The summed E-state index contributed by atoms with van der Waals surface area (Å²) in [5.41, 5.74) is -0.365. The van der Waals surface area contributed by atoms with E-state index in [9.17, 15) is 14.3 Å². The quantitative estimate of drug-likeness (QED) is 0.896. The summed E-state index contributed by atoms with van der Waals surface area (Å²) < 4.78 is 19.4. The van der Waals surface area contributed by atoms with E-state index in [2.05, 4.69) is 0 Å². The van der Waals surface area contributed by atoms with E-state index in [4.69, 9.17) is 4.74 Å². The zero-order valence-electron chi connectivity index (χ0n) is 11.4. The maximum atomic E-state index is 13.7. The Morgan fingerprint density at radius 1 is 1.30 bits per heavy atom. The van der Waals surface area contributed by atoms with Crippen LogP contribution in [0.15, 0.2) is 18.2 Å². The first kappa shape index (κ1) is 13.4. The Balaban J connectivity index is 1.80. The van der Waals surface area contributed by atoms with Gasteiger partial charge in [0.1, 0.15) is 11.6 Å². The van der Waals surface area contributed by atoms with Gasteiger partial charge in [0.15, 0.2) is 0 Å². The summed E-state index contributed by atoms with van der Waals surface area (Å²) in [6.07, 6.45) is 5.61. The molecule has 20 heavy (non-hydrogen) atoms. The Kier molecular flexibility index (Phi) is 3.40. The highest BCUT2D eigenvalue weighted by Crippen LogP contribution is 2.45. The minimum absolute atomic E-state index is 0.418. The summed E-state index contributed by atoms with van der Waals surface area (Å²) in [7, 11) is 0. The molecule has 2 saturated carbocycles. The molecule has 4 heteroatoms. The number of carboxylic acid groups (broad SMARTS) is 1. The SMILES string of the molecule is O=C(O)C1(c2cc(F)cc(OCC3CCC3)c2)CCC1. The minimum Gasteiger partial charge on any atom is -0.493 e. The van der Waals surface area contributed by atoms with Crippen molar-refractivity contribution in [2.45, 2.75) is 43.9 Å². The molecule has 2 fully saturated rings. The van der Waals surface area contributed by atoms with Crippen LogP contribution in [0.1, 0.15) is 44.1 Å². The molecular weight excluding hydrogens is 259 g/mol. The van der Waals surface area contributed by atoms with Crippen molar-refractivity contribution in [2.24, 2.45) is 5.92 Å². The van der Waals surface area contributed by atoms with Gasteiger partial charge in [-0.25, -0.2) is 4.39 Å². The second kappa shape index (κ2) is 5.08. The van der Waals surface area contributed by atoms with Crippen LogP contribution in [0.3, 0.4) is 0 Å². The summed E-state index contributed by atoms with van der Waals surface area (Å²) in [5.74, 6) is -0.254. The third-order valence-corrected chi connectivity index (χ3v) is 4.75. The van der Waals surface area contributed by atoms with Crippen LogP contribution >= 0.6 is 0 Å². The van der Waals surface area contributed by atoms with Crippen LogP contribution in [0.5, 0.6) is 5.75 Å². The second-order valence-corrected chi connectivity index (χ2v) is 6.02. The van der Waals surface area contributed by atoms with E-state index in [0.29, 0.717) is 36.7 Å². The molecule has 1 aromatic carbocycles. The van der Waals surface area contributed by atoms with Crippen LogP contribution in [-0.2, 0) is 10.2 Å². The van der Waals surface area contributed by atoms with E-state index in [1.165, 1.54) is 31.4 Å². The van der Waals surface area contributed by atoms with Gasteiger partial charge in [-0.15, -0.1) is 0 Å². The molecule has 0 unspecified atom stereocenters. The van der Waals surface area contributed by atoms with Gasteiger partial charge < -0.3 is 9.84 Å². The predicted molar refractivity (Wildman–Crippen MR) is 72.4 cm³/mol. The van der Waals surface area contributed by atoms with Crippen LogP contribution in [-0.4, -0.2) is 17.7 Å². The lowest BCUT2D eigenvalue weighted by Crippen LogP contribution is -2.42. The van der Waals surface area contributed by atoms with Crippen LogP contribution in [0.2, 0.25) is 0 Å². The average Bonchev–Trinajstić information content (AvgIpc) is 2.23. The number of halogens is 1. The fourth-order valence-corrected chi connectivity index (χ4v) is 2.95. The molecule has 0 atom stereocenters. The average molecular weight is 278 g/mol. The number of hydrogen-bond donors (Lipinski definition) is 1. The molecule has 3 nitrogen and oxygen atoms in total. The molecule has 0 radical (unpaired) electrons. The van der Waals surface area contributed by atoms with Crippen LogP contribution < -0.4 is 4.74 Å². The Hall–Kier alpha value is -1.58. The molecular formula is C16H19FO3. The molecule has 3 rings (SSSR count). The van der Waals surface area contributed by atoms with E-state index in [1.807, 2.05) is 0 Å². The smallest absolute Gasteiger partial charge is 0.314 e. The monoisotopic (exact) mass is 278 g/mol. The molecule has 0 saturated heterocycles. The number of carboxylic acids is 1. The topological polar surface area (TPSA) is 46.5 Å². The first-order valence-corrected chi connectivity index (χ1v) is 7.27. The van der Waals surface area contributed by atoms with Crippen molar-refractivity contribution in [3.8, 4) is 5.75 Å². The molecule has 0 aliphatic heterocycles. The molecule has 108 valence electrons. The molecule has 0 heterocycles. The van der Waals surface area contributed by atoms with Gasteiger partial charge in [-0.1, -0.05) is 12.8 Å². The fraction of sp³-hybridized carbons (Fsp3) is 0.562. The Morgan fingerprint density at radius 3 is 2.55 bits per heavy atom. The maximum absolute atomic E-state index is 13.7. The van der Waals surface area contributed by atoms with Gasteiger partial charge >= 0.3 is 5.97 Å². The zero-order valence-corrected chi connectivity index (χ0v) is 11.4. The van der Waals surface area contributed by atoms with E-state index < -0.39 is 17.2 Å². The molecule has 2 aliphatic carbocycles. The van der Waals surface area contributed by atoms with E-state index in [-0.39, 0.29) is 0 Å². The van der Waals surface area contributed by atoms with Crippen molar-refractivity contribution in [1.29, 1.82) is 0 Å². The third kappa shape index (κ3) is 2.28. The normalized spacial score (nSPS) is 20.9. The lowest BCUT2D eigenvalue weighted by atomic mass is 9.64. The van der Waals surface area contributed by atoms with Gasteiger partial charge in [0.25, 0.3) is 0 Å². The van der Waals surface area contributed by atoms with Gasteiger partial charge in [0.05, 0.1) is 12.0 Å². The molecule has 0 spiro atoms. The first-order chi connectivity index (χ1) is 9.60. The van der Waals surface area contributed by atoms with Crippen LogP contribution in [0, 0.1) is 11.7 Å². The molecule has 2 aliphatic rings. The van der Waals surface area contributed by atoms with Gasteiger partial charge in [-0.3, -0.25) is 4.79 Å². The van der Waals surface area contributed by atoms with E-state index >= 15 is 0 Å². The predicted octanol–water partition coefficient (Wildman–Crippen LogP) is 3.51. The van der Waals surface area contributed by atoms with Crippen LogP contribution in [0.4, 0.5) is 4.39 Å². The standard InChI is InChI=1S/C16H19FO3/c17-13-7-12(16(15(18)19)5-2-6-16)8-14(9-13)20-10-11-3-1-4-11/h7-9,11H,1-6,10H2,(H,18,19). The molecule has 0 aromatic heterocycles. The van der Waals surface area contributed by atoms with Crippen molar-refractivity contribution in [3.63, 3.8) is 0 Å².